The van der Waals surface area contributed by atoms with E-state index < -0.39 is 76.5 Å². The molecule has 37 heteroatoms. The smallest absolute Gasteiger partial charge is 1.00 e. The Bertz CT molecular complexity index is 2470. The van der Waals surface area contributed by atoms with Gasteiger partial charge in [0.25, 0.3) is 6.47 Å². The van der Waals surface area contributed by atoms with Crippen molar-refractivity contribution in [1.29, 1.82) is 0 Å². The third-order valence-electron chi connectivity index (χ3n) is 11.7. The number of aliphatic carboxylic acids is 1. The number of rotatable bonds is 11. The number of alkyl halides is 13. The van der Waals surface area contributed by atoms with Crippen molar-refractivity contribution in [2.24, 2.45) is 21.7 Å². The van der Waals surface area contributed by atoms with Crippen LogP contribution in [0.4, 0.5) is 70.1 Å². The molecule has 416 valence electrons. The number of Topliss-reactive ketones (excluding diaryl/α,β-unsaturated/α-hetero) is 2. The molecule has 1 aliphatic heterocycles. The summed E-state index contributed by atoms with van der Waals surface area (Å²) in [4.78, 5) is 67.6. The number of fused-ring (bicyclic) bond motifs is 1. The summed E-state index contributed by atoms with van der Waals surface area (Å²) in [5.41, 5.74) is -8.31. The average molecular weight is 1480 g/mol. The van der Waals surface area contributed by atoms with Gasteiger partial charge in [0.05, 0.1) is 35.4 Å². The first-order chi connectivity index (χ1) is 34.1. The third kappa shape index (κ3) is 18.5. The zero-order valence-electron chi connectivity index (χ0n) is 41.0. The largest absolute Gasteiger partial charge is 1.00 e. The van der Waals surface area contributed by atoms with Crippen LogP contribution >= 0.6 is 50.7 Å². The van der Waals surface area contributed by atoms with Crippen LogP contribution in [0.3, 0.4) is 0 Å². The Morgan fingerprint density at radius 3 is 1.53 bits per heavy atom. The monoisotopic (exact) mass is 1470 g/mol. The summed E-state index contributed by atoms with van der Waals surface area (Å²) < 4.78 is 160. The maximum absolute atomic E-state index is 13.2. The molecule has 4 N–H and O–H groups in total. The Morgan fingerprint density at radius 1 is 0.763 bits per heavy atom. The minimum absolute atomic E-state index is 0. The summed E-state index contributed by atoms with van der Waals surface area (Å²) in [7, 11) is 4.75. The van der Waals surface area contributed by atoms with Crippen molar-refractivity contribution in [2.45, 2.75) is 82.1 Å². The number of halogens is 16. The summed E-state index contributed by atoms with van der Waals surface area (Å²) in [5.74, 6) is -2.20. The number of carbonyl (C=O) groups excluding carboxylic acids is 3. The first kappa shape index (κ1) is 72.9. The maximum atomic E-state index is 13.2. The molecule has 8 rings (SSSR count). The van der Waals surface area contributed by atoms with E-state index in [-0.39, 0.29) is 242 Å². The standard InChI is InChI=1S/C11H11ClF3N3O2.C11H11ClF3N3O.C6H6BrF3O.C5H6ClN3O.C5H5F3O2.CH2O3.2Cs.H/c1-16-8-6(4-17-9(12)18-8)20-5-7(19)10(2-3-10)11(13,14)15;1-18-7(10(2-3-10)11(13,14)15)5-19-6-4-16-9(12)17-8(6)18;7-3-4(11)5(1-2-5)6(8,9)10;1-7-4-3(10)2-8-5(6)9-4;6-5(7,8)4(1-2-4)3(9)10;2-1-4-3;;;/h4H,2-3,5H2,1H3,(H,16,17,18);4,7H,2-3,5H2,1H3;1-3H2;2,10H,1H3,(H,7,8,9);1-2H2,(H,9,10);1,3H;;;/q;;;;;;2*+1;-1/p-1. The SMILES string of the molecule is CN1c2nc(Cl)ncc2OCC1C1(C(F)(F)F)CC1.CNc1nc(Cl)ncc1O.CNc1nc(Cl)ncc1OCC(=O)C1(C(F)(F)F)CC1.O=C(CBr)C1(C(F)(F)F)CC1.O=C(O)C1(C(F)(F)F)CC1.O=CO[O-].[Cs+].[Cs+].[H-]. The van der Waals surface area contributed by atoms with E-state index in [9.17, 15) is 67.1 Å². The minimum Gasteiger partial charge on any atom is -1.00 e. The fourth-order valence-corrected chi connectivity index (χ4v) is 7.54. The molecule has 3 aromatic rings. The molecule has 1 atom stereocenters. The van der Waals surface area contributed by atoms with Gasteiger partial charge in [-0.25, -0.2) is 15.0 Å². The van der Waals surface area contributed by atoms with E-state index in [0.717, 1.165) is 0 Å². The molecule has 4 aliphatic carbocycles. The second-order valence-electron chi connectivity index (χ2n) is 16.1. The third-order valence-corrected chi connectivity index (χ3v) is 12.8. The first-order valence-corrected chi connectivity index (χ1v) is 22.9. The summed E-state index contributed by atoms with van der Waals surface area (Å²) in [5, 5.41) is 30.7. The number of carboxylic acid groups (broad SMARTS) is 1. The van der Waals surface area contributed by atoms with Gasteiger partial charge in [-0.3, -0.25) is 19.2 Å². The van der Waals surface area contributed by atoms with Gasteiger partial charge in [-0.1, -0.05) is 15.9 Å². The second kappa shape index (κ2) is 29.7. The van der Waals surface area contributed by atoms with Crippen LogP contribution in [0.1, 0.15) is 52.8 Å². The predicted octanol–water partition coefficient (Wildman–Crippen LogP) is 2.27. The van der Waals surface area contributed by atoms with Crippen molar-refractivity contribution in [3.63, 3.8) is 0 Å². The molecule has 3 aromatic heterocycles. The predicted molar refractivity (Wildman–Crippen MR) is 236 cm³/mol. The van der Waals surface area contributed by atoms with Crippen LogP contribution in [0.15, 0.2) is 18.6 Å². The normalized spacial score (nSPS) is 18.1. The second-order valence-corrected chi connectivity index (χ2v) is 17.7. The molecule has 5 aliphatic rings. The van der Waals surface area contributed by atoms with E-state index in [1.54, 1.807) is 14.1 Å². The number of hydrogen-bond acceptors (Lipinski definition) is 18. The van der Waals surface area contributed by atoms with Crippen LogP contribution in [-0.4, -0.2) is 135 Å². The minimum atomic E-state index is -4.57. The van der Waals surface area contributed by atoms with Gasteiger partial charge < -0.3 is 46.8 Å². The number of aromatic hydroxyl groups is 1. The number of nitrogens with one attached hydrogen (secondary N) is 2. The van der Waals surface area contributed by atoms with Gasteiger partial charge in [0.15, 0.2) is 51.7 Å². The molecule has 0 amide bonds. The molecule has 4 heterocycles. The van der Waals surface area contributed by atoms with Crippen LogP contribution in [-0.2, 0) is 24.1 Å². The Morgan fingerprint density at radius 2 is 1.18 bits per heavy atom. The molecule has 0 bridgehead atoms. The van der Waals surface area contributed by atoms with E-state index in [4.69, 9.17) is 64.5 Å². The zero-order chi connectivity index (χ0) is 56.5. The van der Waals surface area contributed by atoms with E-state index in [0.29, 0.717) is 17.4 Å². The quantitative estimate of drug-likeness (QED) is 0.0536. The molecule has 4 fully saturated rings. The summed E-state index contributed by atoms with van der Waals surface area (Å²) in [6.45, 7) is -0.882. The number of ketones is 2. The van der Waals surface area contributed by atoms with Crippen molar-refractivity contribution >= 4 is 92.2 Å². The molecule has 0 saturated heterocycles. The van der Waals surface area contributed by atoms with Gasteiger partial charge in [0, 0.05) is 21.1 Å². The topological polar surface area (TPSA) is 264 Å². The maximum Gasteiger partial charge on any atom is 1.00 e. The Hall–Kier alpha value is -1.11. The van der Waals surface area contributed by atoms with Crippen molar-refractivity contribution in [3.8, 4) is 17.2 Å². The molecule has 76 heavy (non-hydrogen) atoms. The van der Waals surface area contributed by atoms with E-state index in [1.807, 2.05) is 0 Å². The van der Waals surface area contributed by atoms with Gasteiger partial charge in [-0.05, 0) is 86.2 Å². The summed E-state index contributed by atoms with van der Waals surface area (Å²) >= 11 is 19.4. The molecular formula is C39H41BrCl3Cs2F12N9O10. The average Bonchev–Trinajstić information content (AvgIpc) is 4.13. The number of anilines is 3. The Kier molecular flexibility index (Phi) is 28.5. The van der Waals surface area contributed by atoms with Crippen LogP contribution in [0.5, 0.6) is 17.2 Å². The number of nitrogens with zero attached hydrogens (tertiary/aromatic N) is 7. The first-order valence-electron chi connectivity index (χ1n) is 20.6. The summed E-state index contributed by atoms with van der Waals surface area (Å²) in [6.07, 6.45) is -14.6. The fourth-order valence-electron chi connectivity index (χ4n) is 6.61. The summed E-state index contributed by atoms with van der Waals surface area (Å²) in [6, 6.07) is -0.772. The number of aromatic nitrogens is 6. The van der Waals surface area contributed by atoms with Crippen LogP contribution in [0.2, 0.25) is 15.9 Å². The van der Waals surface area contributed by atoms with Crippen molar-refractivity contribution in [2.75, 3.05) is 55.2 Å². The Balaban J connectivity index is 0.000000940. The van der Waals surface area contributed by atoms with E-state index >= 15 is 0 Å². The van der Waals surface area contributed by atoms with Crippen LogP contribution < -0.4 is 168 Å². The van der Waals surface area contributed by atoms with Crippen LogP contribution in [0, 0.1) is 21.7 Å². The van der Waals surface area contributed by atoms with Crippen molar-refractivity contribution in [3.05, 3.63) is 34.4 Å². The number of carboxylic acids is 1. The zero-order valence-corrected chi connectivity index (χ0v) is 56.4. The molecule has 19 nitrogen and oxygen atoms in total. The fraction of sp³-hybridized carbons (Fsp3) is 0.590. The molecule has 0 spiro atoms. The number of ether oxygens (including phenoxy) is 2. The molecule has 0 aromatic carbocycles. The van der Waals surface area contributed by atoms with Gasteiger partial charge in [-0.15, -0.1) is 0 Å². The van der Waals surface area contributed by atoms with E-state index in [2.05, 4.69) is 61.4 Å². The van der Waals surface area contributed by atoms with Gasteiger partial charge >= 0.3 is 168 Å². The van der Waals surface area contributed by atoms with Crippen molar-refractivity contribution in [1.82, 2.24) is 29.9 Å². The van der Waals surface area contributed by atoms with Gasteiger partial charge in [0.2, 0.25) is 15.9 Å². The molecule has 0 radical (unpaired) electrons. The van der Waals surface area contributed by atoms with Crippen molar-refractivity contribution < 1.29 is 241 Å². The van der Waals surface area contributed by atoms with Crippen LogP contribution in [0.25, 0.3) is 0 Å². The van der Waals surface area contributed by atoms with Gasteiger partial charge in [0.1, 0.15) is 24.0 Å². The number of likely N-dealkylation sites (N-methyl/N-ethyl adjacent to an activating group) is 1. The molecule has 4 saturated carbocycles. The van der Waals surface area contributed by atoms with E-state index in [1.165, 1.54) is 30.5 Å². The molecule has 1 unspecified atom stereocenters. The molecular weight excluding hydrogens is 1430 g/mol. The van der Waals surface area contributed by atoms with Gasteiger partial charge in [-0.2, -0.15) is 67.6 Å². The number of carbonyl (C=O) groups is 4. The number of hydrogen-bond donors (Lipinski definition) is 4. The Labute approximate surface area is 565 Å².